The molecule has 0 saturated carbocycles. The van der Waals surface area contributed by atoms with E-state index >= 15 is 0 Å². The number of carbonyl (C=O) groups is 1. The largest absolute Gasteiger partial charge is 0.298 e. The number of hydrogen-bond acceptors (Lipinski definition) is 2. The van der Waals surface area contributed by atoms with Crippen LogP contribution in [-0.4, -0.2) is 29.3 Å². The molecule has 1 heterocycles. The summed E-state index contributed by atoms with van der Waals surface area (Å²) in [5.41, 5.74) is 0. The lowest BCUT2D eigenvalue weighted by Crippen LogP contribution is -2.48. The Hall–Kier alpha value is -0.370. The van der Waals surface area contributed by atoms with Gasteiger partial charge in [-0.2, -0.15) is 0 Å². The van der Waals surface area contributed by atoms with E-state index in [0.29, 0.717) is 18.2 Å². The maximum atomic E-state index is 11.6. The predicted molar refractivity (Wildman–Crippen MR) is 59.4 cm³/mol. The number of hydrogen-bond donors (Lipinski definition) is 0. The van der Waals surface area contributed by atoms with Crippen molar-refractivity contribution in [1.82, 2.24) is 4.90 Å². The molecule has 2 atom stereocenters. The van der Waals surface area contributed by atoms with Gasteiger partial charge in [0, 0.05) is 12.5 Å². The first-order chi connectivity index (χ1) is 6.70. The van der Waals surface area contributed by atoms with Crippen LogP contribution in [0.5, 0.6) is 0 Å². The van der Waals surface area contributed by atoms with Gasteiger partial charge in [-0.25, -0.2) is 0 Å². The second-order valence-electron chi connectivity index (χ2n) is 4.29. The summed E-state index contributed by atoms with van der Waals surface area (Å²) in [5.74, 6) is 0.394. The van der Waals surface area contributed by atoms with Crippen LogP contribution in [0.3, 0.4) is 0 Å². The van der Waals surface area contributed by atoms with Gasteiger partial charge < -0.3 is 0 Å². The van der Waals surface area contributed by atoms with E-state index in [0.717, 1.165) is 6.54 Å². The van der Waals surface area contributed by atoms with Crippen molar-refractivity contribution in [2.45, 2.75) is 65.0 Å². The quantitative estimate of drug-likeness (QED) is 0.690. The molecule has 0 aromatic heterocycles. The Balaban J connectivity index is 2.58. The lowest BCUT2D eigenvalue weighted by Gasteiger charge is -2.38. The Bertz CT molecular complexity index is 191. The van der Waals surface area contributed by atoms with Crippen LogP contribution >= 0.6 is 0 Å². The molecule has 1 fully saturated rings. The number of piperidine rings is 1. The van der Waals surface area contributed by atoms with Gasteiger partial charge in [-0.05, 0) is 32.7 Å². The molecular formula is C12H23NO. The number of rotatable bonds is 4. The number of carbonyl (C=O) groups excluding carboxylic acids is 1. The van der Waals surface area contributed by atoms with E-state index in [1.807, 2.05) is 6.92 Å². The lowest BCUT2D eigenvalue weighted by molar-refractivity contribution is -0.124. The first-order valence-electron chi connectivity index (χ1n) is 5.99. The van der Waals surface area contributed by atoms with E-state index in [2.05, 4.69) is 18.7 Å². The molecule has 14 heavy (non-hydrogen) atoms. The second kappa shape index (κ2) is 5.50. The molecule has 2 unspecified atom stereocenters. The molecule has 2 nitrogen and oxygen atoms in total. The first kappa shape index (κ1) is 11.7. The third-order valence-electron chi connectivity index (χ3n) is 3.46. The fourth-order valence-corrected chi connectivity index (χ4v) is 2.45. The number of Topliss-reactive ketones (excluding diaryl/α,β-unsaturated/α-hetero) is 1. The van der Waals surface area contributed by atoms with E-state index in [1.54, 1.807) is 0 Å². The Morgan fingerprint density at radius 2 is 2.14 bits per heavy atom. The maximum absolute atomic E-state index is 11.6. The molecular weight excluding hydrogens is 174 g/mol. The fraction of sp³-hybridized carbons (Fsp3) is 0.917. The van der Waals surface area contributed by atoms with Crippen molar-refractivity contribution in [2.24, 2.45) is 0 Å². The molecule has 0 aromatic rings. The van der Waals surface area contributed by atoms with Gasteiger partial charge in [-0.1, -0.05) is 20.3 Å². The topological polar surface area (TPSA) is 20.3 Å². The summed E-state index contributed by atoms with van der Waals surface area (Å²) >= 11 is 0. The zero-order chi connectivity index (χ0) is 10.6. The molecule has 0 aromatic carbocycles. The van der Waals surface area contributed by atoms with Crippen LogP contribution in [0.4, 0.5) is 0 Å². The molecule has 2 heteroatoms. The van der Waals surface area contributed by atoms with E-state index in [4.69, 9.17) is 0 Å². The summed E-state index contributed by atoms with van der Waals surface area (Å²) in [4.78, 5) is 14.0. The van der Waals surface area contributed by atoms with Crippen LogP contribution in [0.25, 0.3) is 0 Å². The van der Waals surface area contributed by atoms with Gasteiger partial charge in [0.1, 0.15) is 5.78 Å². The van der Waals surface area contributed by atoms with Crippen LogP contribution in [0.1, 0.15) is 52.9 Å². The smallest absolute Gasteiger partial charge is 0.149 e. The standard InChI is InChI=1S/C12H23NO/c1-4-11-8-6-7-9-13(11)10(3)12(14)5-2/h10-11H,4-9H2,1-3H3. The van der Waals surface area contributed by atoms with Crippen molar-refractivity contribution in [1.29, 1.82) is 0 Å². The van der Waals surface area contributed by atoms with Gasteiger partial charge in [-0.3, -0.25) is 9.69 Å². The van der Waals surface area contributed by atoms with Gasteiger partial charge in [0.05, 0.1) is 6.04 Å². The Labute approximate surface area is 87.7 Å². The molecule has 0 N–H and O–H groups in total. The van der Waals surface area contributed by atoms with Crippen LogP contribution in [0.15, 0.2) is 0 Å². The van der Waals surface area contributed by atoms with Crippen LogP contribution in [0, 0.1) is 0 Å². The number of likely N-dealkylation sites (tertiary alicyclic amines) is 1. The highest BCUT2D eigenvalue weighted by molar-refractivity contribution is 5.83. The fourth-order valence-electron chi connectivity index (χ4n) is 2.45. The summed E-state index contributed by atoms with van der Waals surface area (Å²) < 4.78 is 0. The van der Waals surface area contributed by atoms with Crippen molar-refractivity contribution in [2.75, 3.05) is 6.54 Å². The number of ketones is 1. The summed E-state index contributed by atoms with van der Waals surface area (Å²) in [6.45, 7) is 7.38. The van der Waals surface area contributed by atoms with Crippen molar-refractivity contribution in [3.05, 3.63) is 0 Å². The zero-order valence-corrected chi connectivity index (χ0v) is 9.75. The first-order valence-corrected chi connectivity index (χ1v) is 5.99. The van der Waals surface area contributed by atoms with E-state index < -0.39 is 0 Å². The molecule has 1 saturated heterocycles. The van der Waals surface area contributed by atoms with E-state index in [-0.39, 0.29) is 6.04 Å². The SMILES string of the molecule is CCC(=O)C(C)N1CCCCC1CC. The molecule has 1 rings (SSSR count). The maximum Gasteiger partial charge on any atom is 0.149 e. The van der Waals surface area contributed by atoms with Crippen molar-refractivity contribution in [3.63, 3.8) is 0 Å². The van der Waals surface area contributed by atoms with Gasteiger partial charge in [0.2, 0.25) is 0 Å². The summed E-state index contributed by atoms with van der Waals surface area (Å²) in [7, 11) is 0. The van der Waals surface area contributed by atoms with Crippen LogP contribution in [0.2, 0.25) is 0 Å². The van der Waals surface area contributed by atoms with Crippen molar-refractivity contribution in [3.8, 4) is 0 Å². The molecule has 0 amide bonds. The summed E-state index contributed by atoms with van der Waals surface area (Å²) in [6, 6.07) is 0.791. The average Bonchev–Trinajstić information content (AvgIpc) is 2.26. The molecule has 82 valence electrons. The molecule has 1 aliphatic rings. The minimum Gasteiger partial charge on any atom is -0.298 e. The van der Waals surface area contributed by atoms with Crippen LogP contribution in [-0.2, 0) is 4.79 Å². The van der Waals surface area contributed by atoms with Crippen LogP contribution < -0.4 is 0 Å². The molecule has 0 bridgehead atoms. The van der Waals surface area contributed by atoms with Crippen molar-refractivity contribution < 1.29 is 4.79 Å². The van der Waals surface area contributed by atoms with Crippen molar-refractivity contribution >= 4 is 5.78 Å². The Morgan fingerprint density at radius 3 is 2.71 bits per heavy atom. The zero-order valence-electron chi connectivity index (χ0n) is 9.75. The predicted octanol–water partition coefficient (Wildman–Crippen LogP) is 2.62. The Kier molecular flexibility index (Phi) is 4.59. The molecule has 0 aliphatic carbocycles. The van der Waals surface area contributed by atoms with E-state index in [9.17, 15) is 4.79 Å². The van der Waals surface area contributed by atoms with Gasteiger partial charge >= 0.3 is 0 Å². The summed E-state index contributed by atoms with van der Waals surface area (Å²) in [5, 5.41) is 0. The molecule has 1 aliphatic heterocycles. The molecule has 0 spiro atoms. The highest BCUT2D eigenvalue weighted by Crippen LogP contribution is 2.22. The van der Waals surface area contributed by atoms with Gasteiger partial charge in [0.25, 0.3) is 0 Å². The monoisotopic (exact) mass is 197 g/mol. The highest BCUT2D eigenvalue weighted by Gasteiger charge is 2.27. The lowest BCUT2D eigenvalue weighted by atomic mass is 9.96. The number of nitrogens with zero attached hydrogens (tertiary/aromatic N) is 1. The molecule has 0 radical (unpaired) electrons. The normalized spacial score (nSPS) is 26.1. The minimum atomic E-state index is 0.144. The Morgan fingerprint density at radius 1 is 1.43 bits per heavy atom. The summed E-state index contributed by atoms with van der Waals surface area (Å²) in [6.07, 6.45) is 5.73. The minimum absolute atomic E-state index is 0.144. The second-order valence-corrected chi connectivity index (χ2v) is 4.29. The average molecular weight is 197 g/mol. The van der Waals surface area contributed by atoms with Gasteiger partial charge in [0.15, 0.2) is 0 Å². The van der Waals surface area contributed by atoms with E-state index in [1.165, 1.54) is 25.7 Å². The third-order valence-corrected chi connectivity index (χ3v) is 3.46. The highest BCUT2D eigenvalue weighted by atomic mass is 16.1. The van der Waals surface area contributed by atoms with Gasteiger partial charge in [-0.15, -0.1) is 0 Å². The third kappa shape index (κ3) is 2.57.